The van der Waals surface area contributed by atoms with Crippen molar-refractivity contribution in [1.29, 1.82) is 0 Å². The normalized spacial score (nSPS) is 20.5. The lowest BCUT2D eigenvalue weighted by molar-refractivity contribution is 0.647. The predicted octanol–water partition coefficient (Wildman–Crippen LogP) is 2.74. The maximum absolute atomic E-state index is 3.36. The summed E-state index contributed by atoms with van der Waals surface area (Å²) in [6.45, 7) is 4.75. The Labute approximate surface area is 104 Å². The summed E-state index contributed by atoms with van der Waals surface area (Å²) in [6.07, 6.45) is 4.11. The van der Waals surface area contributed by atoms with Crippen LogP contribution in [0.1, 0.15) is 36.9 Å². The Morgan fingerprint density at radius 2 is 2.24 bits per heavy atom. The monoisotopic (exact) mass is 230 g/mol. The van der Waals surface area contributed by atoms with Crippen molar-refractivity contribution < 1.29 is 0 Å². The fourth-order valence-corrected chi connectivity index (χ4v) is 2.89. The van der Waals surface area contributed by atoms with E-state index in [2.05, 4.69) is 35.3 Å². The van der Waals surface area contributed by atoms with Crippen molar-refractivity contribution >= 4 is 5.69 Å². The molecule has 0 spiro atoms. The molecule has 0 saturated heterocycles. The van der Waals surface area contributed by atoms with Crippen LogP contribution in [0.4, 0.5) is 5.69 Å². The van der Waals surface area contributed by atoms with Crippen LogP contribution in [0.5, 0.6) is 0 Å². The van der Waals surface area contributed by atoms with E-state index in [1.165, 1.54) is 43.6 Å². The van der Waals surface area contributed by atoms with Crippen LogP contribution in [-0.2, 0) is 6.42 Å². The number of fused-ring (bicyclic) bond motifs is 1. The van der Waals surface area contributed by atoms with Gasteiger partial charge < -0.3 is 10.2 Å². The van der Waals surface area contributed by atoms with E-state index in [9.17, 15) is 0 Å². The van der Waals surface area contributed by atoms with E-state index in [0.29, 0.717) is 6.04 Å². The van der Waals surface area contributed by atoms with Crippen LogP contribution in [0.15, 0.2) is 18.2 Å². The molecule has 2 nitrogen and oxygen atoms in total. The highest BCUT2D eigenvalue weighted by atomic mass is 15.2. The van der Waals surface area contributed by atoms with Gasteiger partial charge in [0.15, 0.2) is 0 Å². The SMILES string of the molecule is CNC(C)c1cccc2c1CCN2CC1CC1. The average Bonchev–Trinajstić information content (AvgIpc) is 3.08. The Kier molecular flexibility index (Phi) is 2.83. The summed E-state index contributed by atoms with van der Waals surface area (Å²) in [6, 6.07) is 7.26. The third-order valence-electron chi connectivity index (χ3n) is 4.23. The highest BCUT2D eigenvalue weighted by Gasteiger charge is 2.29. The zero-order valence-corrected chi connectivity index (χ0v) is 10.9. The van der Waals surface area contributed by atoms with Crippen LogP contribution in [0.25, 0.3) is 0 Å². The summed E-state index contributed by atoms with van der Waals surface area (Å²) in [4.78, 5) is 2.60. The Morgan fingerprint density at radius 3 is 2.94 bits per heavy atom. The number of hydrogen-bond acceptors (Lipinski definition) is 2. The molecule has 0 radical (unpaired) electrons. The van der Waals surface area contributed by atoms with Gasteiger partial charge in [0.05, 0.1) is 0 Å². The summed E-state index contributed by atoms with van der Waals surface area (Å²) in [5, 5.41) is 3.36. The van der Waals surface area contributed by atoms with Crippen LogP contribution >= 0.6 is 0 Å². The summed E-state index contributed by atoms with van der Waals surface area (Å²) < 4.78 is 0. The molecule has 0 amide bonds. The van der Waals surface area contributed by atoms with Crippen molar-refractivity contribution in [1.82, 2.24) is 5.32 Å². The summed E-state index contributed by atoms with van der Waals surface area (Å²) in [5.41, 5.74) is 4.56. The summed E-state index contributed by atoms with van der Waals surface area (Å²) >= 11 is 0. The molecule has 2 heteroatoms. The molecule has 0 aromatic heterocycles. The molecule has 17 heavy (non-hydrogen) atoms. The smallest absolute Gasteiger partial charge is 0.0403 e. The summed E-state index contributed by atoms with van der Waals surface area (Å²) in [5.74, 6) is 0.978. The standard InChI is InChI=1S/C15H22N2/c1-11(16-2)13-4-3-5-15-14(13)8-9-17(15)10-12-6-7-12/h3-5,11-12,16H,6-10H2,1-2H3. The molecular weight excluding hydrogens is 208 g/mol. The molecular formula is C15H22N2. The lowest BCUT2D eigenvalue weighted by Crippen LogP contribution is -2.22. The van der Waals surface area contributed by atoms with E-state index >= 15 is 0 Å². The number of anilines is 1. The Balaban J connectivity index is 1.88. The molecule has 1 aliphatic carbocycles. The van der Waals surface area contributed by atoms with Gasteiger partial charge in [0, 0.05) is 24.8 Å². The first-order valence-electron chi connectivity index (χ1n) is 6.83. The molecule has 3 rings (SSSR count). The Bertz CT molecular complexity index is 409. The minimum Gasteiger partial charge on any atom is -0.371 e. The van der Waals surface area contributed by atoms with Crippen molar-refractivity contribution in [2.75, 3.05) is 25.0 Å². The zero-order chi connectivity index (χ0) is 11.8. The topological polar surface area (TPSA) is 15.3 Å². The maximum atomic E-state index is 3.36. The molecule has 1 unspecified atom stereocenters. The van der Waals surface area contributed by atoms with Gasteiger partial charge in [0.2, 0.25) is 0 Å². The largest absolute Gasteiger partial charge is 0.371 e. The molecule has 2 aliphatic rings. The molecule has 1 N–H and O–H groups in total. The van der Waals surface area contributed by atoms with Crippen LogP contribution in [-0.4, -0.2) is 20.1 Å². The fraction of sp³-hybridized carbons (Fsp3) is 0.600. The number of hydrogen-bond donors (Lipinski definition) is 1. The van der Waals surface area contributed by atoms with Crippen LogP contribution < -0.4 is 10.2 Å². The Hall–Kier alpha value is -1.02. The van der Waals surface area contributed by atoms with E-state index in [-0.39, 0.29) is 0 Å². The zero-order valence-electron chi connectivity index (χ0n) is 10.9. The van der Waals surface area contributed by atoms with Crippen LogP contribution in [0, 0.1) is 5.92 Å². The predicted molar refractivity (Wildman–Crippen MR) is 72.6 cm³/mol. The Morgan fingerprint density at radius 1 is 1.41 bits per heavy atom. The molecule has 1 aromatic carbocycles. The summed E-state index contributed by atoms with van der Waals surface area (Å²) in [7, 11) is 2.04. The molecule has 1 fully saturated rings. The third-order valence-corrected chi connectivity index (χ3v) is 4.23. The van der Waals surface area contributed by atoms with Crippen molar-refractivity contribution in [3.8, 4) is 0 Å². The van der Waals surface area contributed by atoms with Gasteiger partial charge in [-0.15, -0.1) is 0 Å². The number of nitrogens with one attached hydrogen (secondary N) is 1. The van der Waals surface area contributed by atoms with Gasteiger partial charge in [-0.3, -0.25) is 0 Å². The minimum absolute atomic E-state index is 0.464. The first-order chi connectivity index (χ1) is 8.29. The number of benzene rings is 1. The van der Waals surface area contributed by atoms with E-state index in [1.807, 2.05) is 7.05 Å². The van der Waals surface area contributed by atoms with E-state index < -0.39 is 0 Å². The van der Waals surface area contributed by atoms with E-state index in [4.69, 9.17) is 0 Å². The van der Waals surface area contributed by atoms with Gasteiger partial charge in [-0.1, -0.05) is 12.1 Å². The molecule has 92 valence electrons. The quantitative estimate of drug-likeness (QED) is 0.855. The molecule has 0 bridgehead atoms. The van der Waals surface area contributed by atoms with Crippen molar-refractivity contribution in [2.24, 2.45) is 5.92 Å². The number of rotatable bonds is 4. The van der Waals surface area contributed by atoms with Crippen molar-refractivity contribution in [2.45, 2.75) is 32.2 Å². The van der Waals surface area contributed by atoms with Gasteiger partial charge in [0.25, 0.3) is 0 Å². The van der Waals surface area contributed by atoms with Crippen LogP contribution in [0.3, 0.4) is 0 Å². The molecule has 1 atom stereocenters. The third kappa shape index (κ3) is 2.06. The second-order valence-corrected chi connectivity index (χ2v) is 5.49. The first kappa shape index (κ1) is 11.1. The average molecular weight is 230 g/mol. The minimum atomic E-state index is 0.464. The van der Waals surface area contributed by atoms with Gasteiger partial charge in [-0.25, -0.2) is 0 Å². The molecule has 1 heterocycles. The van der Waals surface area contributed by atoms with Gasteiger partial charge in [0.1, 0.15) is 0 Å². The van der Waals surface area contributed by atoms with Gasteiger partial charge in [-0.05, 0) is 56.3 Å². The molecule has 1 aromatic rings. The molecule has 1 aliphatic heterocycles. The fourth-order valence-electron chi connectivity index (χ4n) is 2.89. The van der Waals surface area contributed by atoms with Gasteiger partial charge in [-0.2, -0.15) is 0 Å². The van der Waals surface area contributed by atoms with Gasteiger partial charge >= 0.3 is 0 Å². The lowest BCUT2D eigenvalue weighted by Gasteiger charge is -2.20. The van der Waals surface area contributed by atoms with Crippen molar-refractivity contribution in [3.63, 3.8) is 0 Å². The second kappa shape index (κ2) is 4.34. The maximum Gasteiger partial charge on any atom is 0.0403 e. The number of nitrogens with zero attached hydrogens (tertiary/aromatic N) is 1. The highest BCUT2D eigenvalue weighted by Crippen LogP contribution is 2.37. The first-order valence-corrected chi connectivity index (χ1v) is 6.83. The second-order valence-electron chi connectivity index (χ2n) is 5.49. The van der Waals surface area contributed by atoms with Crippen molar-refractivity contribution in [3.05, 3.63) is 29.3 Å². The van der Waals surface area contributed by atoms with E-state index in [0.717, 1.165) is 5.92 Å². The lowest BCUT2D eigenvalue weighted by atomic mass is 9.99. The van der Waals surface area contributed by atoms with Crippen LogP contribution in [0.2, 0.25) is 0 Å². The highest BCUT2D eigenvalue weighted by molar-refractivity contribution is 5.61. The molecule has 1 saturated carbocycles. The van der Waals surface area contributed by atoms with E-state index in [1.54, 1.807) is 5.56 Å².